The number of carboxylic acids is 1. The lowest BCUT2D eigenvalue weighted by atomic mass is 10.2. The molecular weight excluding hydrogens is 272 g/mol. The standard InChI is InChI=1S/C9H16FN3O2.2ClH/c1-6(11)13-5-3-2-4-7(10)8(12)9(14)15;;/h4,8H,2-3,5,12H2,1H3,(H2,11,13)(H,14,15);2*1H/b7-4-;;. The van der Waals surface area contributed by atoms with E-state index in [9.17, 15) is 9.18 Å². The summed E-state index contributed by atoms with van der Waals surface area (Å²) in [5.41, 5.74) is 10.3. The van der Waals surface area contributed by atoms with E-state index in [-0.39, 0.29) is 24.8 Å². The molecule has 0 heterocycles. The van der Waals surface area contributed by atoms with Crippen LogP contribution >= 0.6 is 24.8 Å². The number of nitrogens with zero attached hydrogens (tertiary/aromatic N) is 1. The van der Waals surface area contributed by atoms with E-state index in [0.717, 1.165) is 0 Å². The van der Waals surface area contributed by atoms with Gasteiger partial charge in [0.1, 0.15) is 5.83 Å². The van der Waals surface area contributed by atoms with Crippen molar-refractivity contribution in [2.45, 2.75) is 25.8 Å². The predicted octanol–water partition coefficient (Wildman–Crippen LogP) is 1.25. The van der Waals surface area contributed by atoms with Crippen LogP contribution in [0.4, 0.5) is 4.39 Å². The first-order valence-electron chi connectivity index (χ1n) is 4.55. The number of halogens is 3. The molecule has 0 rings (SSSR count). The van der Waals surface area contributed by atoms with Crippen molar-refractivity contribution in [3.05, 3.63) is 11.9 Å². The number of carbonyl (C=O) groups is 1. The van der Waals surface area contributed by atoms with Gasteiger partial charge in [-0.05, 0) is 19.8 Å². The summed E-state index contributed by atoms with van der Waals surface area (Å²) in [7, 11) is 0. The SMILES string of the molecule is CC(N)=NCCC/C=C(\F)C(N)C(=O)O.Cl.Cl. The normalized spacial score (nSPS) is 13.4. The Balaban J connectivity index is -0.000000980. The fourth-order valence-corrected chi connectivity index (χ4v) is 0.832. The van der Waals surface area contributed by atoms with E-state index in [4.69, 9.17) is 16.6 Å². The maximum atomic E-state index is 12.9. The smallest absolute Gasteiger partial charge is 0.327 e. The molecule has 0 saturated carbocycles. The summed E-state index contributed by atoms with van der Waals surface area (Å²) in [6.45, 7) is 2.16. The number of nitrogens with two attached hydrogens (primary N) is 2. The third kappa shape index (κ3) is 11.4. The van der Waals surface area contributed by atoms with Gasteiger partial charge >= 0.3 is 5.97 Å². The minimum atomic E-state index is -1.57. The summed E-state index contributed by atoms with van der Waals surface area (Å²) in [4.78, 5) is 14.2. The van der Waals surface area contributed by atoms with Crippen LogP contribution in [0.5, 0.6) is 0 Å². The van der Waals surface area contributed by atoms with Crippen molar-refractivity contribution in [3.63, 3.8) is 0 Å². The van der Waals surface area contributed by atoms with Crippen LogP contribution in [0.25, 0.3) is 0 Å². The van der Waals surface area contributed by atoms with E-state index >= 15 is 0 Å². The molecule has 0 fully saturated rings. The summed E-state index contributed by atoms with van der Waals surface area (Å²) < 4.78 is 12.9. The van der Waals surface area contributed by atoms with Crippen LogP contribution in [0.1, 0.15) is 19.8 Å². The number of amidine groups is 1. The largest absolute Gasteiger partial charge is 0.480 e. The zero-order chi connectivity index (χ0) is 11.8. The van der Waals surface area contributed by atoms with E-state index < -0.39 is 17.8 Å². The highest BCUT2D eigenvalue weighted by molar-refractivity contribution is 5.85. The van der Waals surface area contributed by atoms with E-state index in [1.165, 1.54) is 6.08 Å². The highest BCUT2D eigenvalue weighted by Gasteiger charge is 2.16. The molecule has 1 atom stereocenters. The Morgan fingerprint density at radius 3 is 2.47 bits per heavy atom. The van der Waals surface area contributed by atoms with Crippen LogP contribution < -0.4 is 11.5 Å². The van der Waals surface area contributed by atoms with Crippen molar-refractivity contribution in [1.82, 2.24) is 0 Å². The van der Waals surface area contributed by atoms with Gasteiger partial charge in [-0.15, -0.1) is 24.8 Å². The molecule has 0 aromatic rings. The van der Waals surface area contributed by atoms with Gasteiger partial charge in [-0.3, -0.25) is 9.79 Å². The number of hydrogen-bond donors (Lipinski definition) is 3. The van der Waals surface area contributed by atoms with Crippen molar-refractivity contribution in [3.8, 4) is 0 Å². The quantitative estimate of drug-likeness (QED) is 0.389. The Bertz CT molecular complexity index is 281. The van der Waals surface area contributed by atoms with Crippen molar-refractivity contribution < 1.29 is 14.3 Å². The molecule has 0 aromatic heterocycles. The second-order valence-electron chi connectivity index (χ2n) is 3.07. The molecule has 0 spiro atoms. The van der Waals surface area contributed by atoms with Gasteiger partial charge < -0.3 is 16.6 Å². The molecule has 0 aliphatic rings. The summed E-state index contributed by atoms with van der Waals surface area (Å²) in [5.74, 6) is -1.72. The van der Waals surface area contributed by atoms with Crippen LogP contribution in [0.15, 0.2) is 16.9 Å². The monoisotopic (exact) mass is 289 g/mol. The minimum absolute atomic E-state index is 0. The Morgan fingerprint density at radius 2 is 2.06 bits per heavy atom. The molecule has 1 unspecified atom stereocenters. The molecule has 17 heavy (non-hydrogen) atoms. The molecule has 0 aromatic carbocycles. The highest BCUT2D eigenvalue weighted by Crippen LogP contribution is 2.05. The first-order valence-corrected chi connectivity index (χ1v) is 4.55. The van der Waals surface area contributed by atoms with Gasteiger partial charge in [0.2, 0.25) is 0 Å². The zero-order valence-electron chi connectivity index (χ0n) is 9.43. The lowest BCUT2D eigenvalue weighted by molar-refractivity contribution is -0.137. The fourth-order valence-electron chi connectivity index (χ4n) is 0.832. The van der Waals surface area contributed by atoms with E-state index in [2.05, 4.69) is 4.99 Å². The molecule has 0 bridgehead atoms. The average Bonchev–Trinajstić information content (AvgIpc) is 2.15. The highest BCUT2D eigenvalue weighted by atomic mass is 35.5. The number of aliphatic imine (C=N–C) groups is 1. The molecule has 0 aliphatic carbocycles. The topological polar surface area (TPSA) is 102 Å². The number of rotatable bonds is 6. The molecule has 0 saturated heterocycles. The third-order valence-electron chi connectivity index (χ3n) is 1.63. The van der Waals surface area contributed by atoms with Crippen LogP contribution in [-0.2, 0) is 4.79 Å². The lowest BCUT2D eigenvalue weighted by Crippen LogP contribution is -2.30. The van der Waals surface area contributed by atoms with Gasteiger partial charge in [-0.2, -0.15) is 0 Å². The van der Waals surface area contributed by atoms with E-state index in [0.29, 0.717) is 25.2 Å². The number of allylic oxidation sites excluding steroid dienone is 1. The molecule has 0 radical (unpaired) electrons. The van der Waals surface area contributed by atoms with Crippen molar-refractivity contribution >= 4 is 36.6 Å². The Morgan fingerprint density at radius 1 is 1.53 bits per heavy atom. The molecule has 5 N–H and O–H groups in total. The van der Waals surface area contributed by atoms with Gasteiger partial charge in [0.05, 0.1) is 5.84 Å². The third-order valence-corrected chi connectivity index (χ3v) is 1.63. The van der Waals surface area contributed by atoms with Gasteiger partial charge in [0, 0.05) is 6.54 Å². The summed E-state index contributed by atoms with van der Waals surface area (Å²) in [6.07, 6.45) is 2.16. The number of hydrogen-bond acceptors (Lipinski definition) is 3. The first-order chi connectivity index (χ1) is 6.95. The van der Waals surface area contributed by atoms with Crippen LogP contribution in [0.2, 0.25) is 0 Å². The van der Waals surface area contributed by atoms with E-state index in [1.807, 2.05) is 0 Å². The molecule has 5 nitrogen and oxygen atoms in total. The summed E-state index contributed by atoms with van der Waals surface area (Å²) >= 11 is 0. The van der Waals surface area contributed by atoms with Gasteiger partial charge in [0.15, 0.2) is 6.04 Å². The predicted molar refractivity (Wildman–Crippen MR) is 70.7 cm³/mol. The van der Waals surface area contributed by atoms with Crippen LogP contribution in [-0.4, -0.2) is 29.5 Å². The van der Waals surface area contributed by atoms with E-state index in [1.54, 1.807) is 6.92 Å². The first kappa shape index (κ1) is 21.4. The van der Waals surface area contributed by atoms with Crippen molar-refractivity contribution in [2.24, 2.45) is 16.5 Å². The molecule has 0 aliphatic heterocycles. The van der Waals surface area contributed by atoms with Crippen molar-refractivity contribution in [2.75, 3.05) is 6.54 Å². The summed E-state index contributed by atoms with van der Waals surface area (Å²) in [5, 5.41) is 8.38. The Hall–Kier alpha value is -0.850. The second-order valence-corrected chi connectivity index (χ2v) is 3.07. The van der Waals surface area contributed by atoms with Crippen molar-refractivity contribution in [1.29, 1.82) is 0 Å². The van der Waals surface area contributed by atoms with Crippen LogP contribution in [0, 0.1) is 0 Å². The van der Waals surface area contributed by atoms with Gasteiger partial charge in [-0.1, -0.05) is 6.08 Å². The zero-order valence-corrected chi connectivity index (χ0v) is 11.1. The second kappa shape index (κ2) is 11.6. The fraction of sp³-hybridized carbons (Fsp3) is 0.556. The maximum absolute atomic E-state index is 12.9. The molecule has 102 valence electrons. The number of carboxylic acid groups (broad SMARTS) is 1. The molecule has 0 amide bonds. The average molecular weight is 290 g/mol. The summed E-state index contributed by atoms with van der Waals surface area (Å²) in [6, 6.07) is -1.57. The van der Waals surface area contributed by atoms with Crippen LogP contribution in [0.3, 0.4) is 0 Å². The molecule has 8 heteroatoms. The molecular formula is C9H18Cl2FN3O2. The maximum Gasteiger partial charge on any atom is 0.327 e. The number of unbranched alkanes of at least 4 members (excludes halogenated alkanes) is 1. The lowest BCUT2D eigenvalue weighted by Gasteiger charge is -2.02. The Kier molecular flexibility index (Phi) is 14.7. The Labute approximate surface area is 112 Å². The number of aliphatic carboxylic acids is 1. The van der Waals surface area contributed by atoms with Gasteiger partial charge in [0.25, 0.3) is 0 Å². The van der Waals surface area contributed by atoms with Gasteiger partial charge in [-0.25, -0.2) is 4.39 Å². The minimum Gasteiger partial charge on any atom is -0.480 e.